The zero-order valence-electron chi connectivity index (χ0n) is 14.1. The summed E-state index contributed by atoms with van der Waals surface area (Å²) in [4.78, 5) is 14.6. The fraction of sp³-hybridized carbons (Fsp3) is 0.941. The van der Waals surface area contributed by atoms with Crippen LogP contribution in [0.4, 0.5) is 0 Å². The van der Waals surface area contributed by atoms with E-state index >= 15 is 0 Å². The lowest BCUT2D eigenvalue weighted by molar-refractivity contribution is -0.149. The smallest absolute Gasteiger partial charge is 0.323 e. The Balaban J connectivity index is 1.84. The third-order valence-corrected chi connectivity index (χ3v) is 4.77. The number of hydrogen-bond acceptors (Lipinski definition) is 4. The molecule has 1 heterocycles. The average Bonchev–Trinajstić information content (AvgIpc) is 3.06. The Kier molecular flexibility index (Phi) is 6.06. The van der Waals surface area contributed by atoms with Crippen LogP contribution in [0.25, 0.3) is 0 Å². The van der Waals surface area contributed by atoms with Crippen molar-refractivity contribution in [1.82, 2.24) is 10.2 Å². The molecule has 2 unspecified atom stereocenters. The highest BCUT2D eigenvalue weighted by molar-refractivity contribution is 5.76. The maximum atomic E-state index is 12.0. The monoisotopic (exact) mass is 296 g/mol. The second kappa shape index (κ2) is 7.59. The van der Waals surface area contributed by atoms with Crippen LogP contribution < -0.4 is 5.32 Å². The van der Waals surface area contributed by atoms with Gasteiger partial charge in [0.25, 0.3) is 0 Å². The van der Waals surface area contributed by atoms with E-state index in [4.69, 9.17) is 4.74 Å². The van der Waals surface area contributed by atoms with Gasteiger partial charge < -0.3 is 10.1 Å². The van der Waals surface area contributed by atoms with Gasteiger partial charge in [-0.05, 0) is 53.4 Å². The van der Waals surface area contributed by atoms with Crippen LogP contribution in [0.1, 0.15) is 66.2 Å². The van der Waals surface area contributed by atoms with Crippen molar-refractivity contribution in [3.05, 3.63) is 0 Å². The molecule has 1 aliphatic carbocycles. The highest BCUT2D eigenvalue weighted by atomic mass is 16.5. The molecule has 1 N–H and O–H groups in total. The van der Waals surface area contributed by atoms with Crippen molar-refractivity contribution < 1.29 is 9.53 Å². The van der Waals surface area contributed by atoms with E-state index in [2.05, 4.69) is 24.1 Å². The van der Waals surface area contributed by atoms with Gasteiger partial charge >= 0.3 is 5.97 Å². The van der Waals surface area contributed by atoms with Crippen molar-refractivity contribution in [2.75, 3.05) is 6.54 Å². The molecule has 0 amide bonds. The molecule has 0 bridgehead atoms. The van der Waals surface area contributed by atoms with Crippen LogP contribution in [-0.2, 0) is 9.53 Å². The highest BCUT2D eigenvalue weighted by Gasteiger charge is 2.34. The van der Waals surface area contributed by atoms with E-state index in [0.29, 0.717) is 12.1 Å². The molecule has 2 rings (SSSR count). The van der Waals surface area contributed by atoms with E-state index in [1.165, 1.54) is 25.7 Å². The van der Waals surface area contributed by atoms with Crippen LogP contribution in [0.3, 0.4) is 0 Å². The van der Waals surface area contributed by atoms with Gasteiger partial charge in [-0.2, -0.15) is 0 Å². The largest absolute Gasteiger partial charge is 0.462 e. The standard InChI is InChI=1S/C17H32N2O2/c1-12(2)19(15-7-5-6-8-15)11-14-9-10-16(18-14)17(20)21-13(3)4/h12-16,18H,5-11H2,1-4H3. The van der Waals surface area contributed by atoms with Crippen molar-refractivity contribution in [2.24, 2.45) is 0 Å². The molecule has 1 saturated heterocycles. The second-order valence-corrected chi connectivity index (χ2v) is 7.21. The second-order valence-electron chi connectivity index (χ2n) is 7.21. The predicted molar refractivity (Wildman–Crippen MR) is 85.3 cm³/mol. The fourth-order valence-electron chi connectivity index (χ4n) is 3.74. The van der Waals surface area contributed by atoms with Gasteiger partial charge in [0.05, 0.1) is 6.10 Å². The van der Waals surface area contributed by atoms with Gasteiger partial charge in [-0.15, -0.1) is 0 Å². The minimum absolute atomic E-state index is 0.0241. The van der Waals surface area contributed by atoms with Crippen molar-refractivity contribution in [3.63, 3.8) is 0 Å². The molecule has 21 heavy (non-hydrogen) atoms. The number of carbonyl (C=O) groups excluding carboxylic acids is 1. The molecule has 0 radical (unpaired) electrons. The molecule has 122 valence electrons. The quantitative estimate of drug-likeness (QED) is 0.765. The number of nitrogens with zero attached hydrogens (tertiary/aromatic N) is 1. The van der Waals surface area contributed by atoms with Crippen LogP contribution in [0.2, 0.25) is 0 Å². The highest BCUT2D eigenvalue weighted by Crippen LogP contribution is 2.26. The Morgan fingerprint density at radius 2 is 1.81 bits per heavy atom. The molecule has 4 heteroatoms. The molecule has 4 nitrogen and oxygen atoms in total. The van der Waals surface area contributed by atoms with Gasteiger partial charge in [-0.25, -0.2) is 0 Å². The van der Waals surface area contributed by atoms with Crippen molar-refractivity contribution >= 4 is 5.97 Å². The molecule has 1 saturated carbocycles. The van der Waals surface area contributed by atoms with Crippen molar-refractivity contribution in [3.8, 4) is 0 Å². The fourth-order valence-corrected chi connectivity index (χ4v) is 3.74. The Morgan fingerprint density at radius 1 is 1.14 bits per heavy atom. The summed E-state index contributed by atoms with van der Waals surface area (Å²) in [5, 5.41) is 3.49. The van der Waals surface area contributed by atoms with E-state index < -0.39 is 0 Å². The number of ether oxygens (including phenoxy) is 1. The summed E-state index contributed by atoms with van der Waals surface area (Å²) in [6, 6.07) is 1.65. The van der Waals surface area contributed by atoms with E-state index in [1.807, 2.05) is 13.8 Å². The van der Waals surface area contributed by atoms with E-state index in [1.54, 1.807) is 0 Å². The summed E-state index contributed by atoms with van der Waals surface area (Å²) >= 11 is 0. The summed E-state index contributed by atoms with van der Waals surface area (Å²) in [6.07, 6.45) is 7.38. The molecule has 0 aromatic heterocycles. The first kappa shape index (κ1) is 16.8. The molecular weight excluding hydrogens is 264 g/mol. The number of esters is 1. The van der Waals surface area contributed by atoms with Gasteiger partial charge in [0.2, 0.25) is 0 Å². The first-order valence-corrected chi connectivity index (χ1v) is 8.69. The van der Waals surface area contributed by atoms with Gasteiger partial charge in [-0.3, -0.25) is 9.69 Å². The Hall–Kier alpha value is -0.610. The molecule has 0 aromatic carbocycles. The Labute approximate surface area is 129 Å². The van der Waals surface area contributed by atoms with Gasteiger partial charge in [-0.1, -0.05) is 12.8 Å². The van der Waals surface area contributed by atoms with Crippen LogP contribution in [0.5, 0.6) is 0 Å². The van der Waals surface area contributed by atoms with Crippen molar-refractivity contribution in [2.45, 2.75) is 96.5 Å². The molecule has 2 aliphatic rings. The topological polar surface area (TPSA) is 41.6 Å². The molecule has 0 aromatic rings. The minimum atomic E-state index is -0.102. The summed E-state index contributed by atoms with van der Waals surface area (Å²) in [6.45, 7) is 9.46. The summed E-state index contributed by atoms with van der Waals surface area (Å²) in [5.41, 5.74) is 0. The first-order valence-electron chi connectivity index (χ1n) is 8.69. The third kappa shape index (κ3) is 4.68. The zero-order valence-corrected chi connectivity index (χ0v) is 14.1. The predicted octanol–water partition coefficient (Wildman–Crippen LogP) is 2.71. The minimum Gasteiger partial charge on any atom is -0.462 e. The maximum absolute atomic E-state index is 12.0. The Morgan fingerprint density at radius 3 is 2.38 bits per heavy atom. The van der Waals surface area contributed by atoms with E-state index in [9.17, 15) is 4.79 Å². The number of nitrogens with one attached hydrogen (secondary N) is 1. The van der Waals surface area contributed by atoms with Gasteiger partial charge in [0.15, 0.2) is 0 Å². The summed E-state index contributed by atoms with van der Waals surface area (Å²) in [5.74, 6) is -0.0792. The average molecular weight is 296 g/mol. The van der Waals surface area contributed by atoms with E-state index in [-0.39, 0.29) is 18.1 Å². The lowest BCUT2D eigenvalue weighted by Gasteiger charge is -2.34. The summed E-state index contributed by atoms with van der Waals surface area (Å²) < 4.78 is 5.32. The Bertz CT molecular complexity index is 338. The van der Waals surface area contributed by atoms with Crippen LogP contribution >= 0.6 is 0 Å². The lowest BCUT2D eigenvalue weighted by Crippen LogP contribution is -2.48. The molecule has 2 fully saturated rings. The van der Waals surface area contributed by atoms with Crippen molar-refractivity contribution in [1.29, 1.82) is 0 Å². The molecular formula is C17H32N2O2. The van der Waals surface area contributed by atoms with E-state index in [0.717, 1.165) is 25.4 Å². The van der Waals surface area contributed by atoms with Crippen LogP contribution in [0.15, 0.2) is 0 Å². The number of hydrogen-bond donors (Lipinski definition) is 1. The number of rotatable bonds is 6. The van der Waals surface area contributed by atoms with Crippen LogP contribution in [-0.4, -0.2) is 47.7 Å². The normalized spacial score (nSPS) is 27.2. The zero-order chi connectivity index (χ0) is 15.4. The molecule has 0 spiro atoms. The SMILES string of the molecule is CC(C)OC(=O)C1CCC(CN(C(C)C)C2CCCC2)N1. The third-order valence-electron chi connectivity index (χ3n) is 4.77. The van der Waals surface area contributed by atoms with Gasteiger partial charge in [0.1, 0.15) is 6.04 Å². The maximum Gasteiger partial charge on any atom is 0.323 e. The lowest BCUT2D eigenvalue weighted by atomic mass is 10.1. The number of carbonyl (C=O) groups is 1. The molecule has 1 aliphatic heterocycles. The first-order chi connectivity index (χ1) is 9.97. The van der Waals surface area contributed by atoms with Crippen LogP contribution in [0, 0.1) is 0 Å². The summed E-state index contributed by atoms with van der Waals surface area (Å²) in [7, 11) is 0. The molecule has 2 atom stereocenters. The van der Waals surface area contributed by atoms with Gasteiger partial charge in [0, 0.05) is 24.7 Å².